The monoisotopic (exact) mass is 279 g/mol. The van der Waals surface area contributed by atoms with Crippen molar-refractivity contribution in [1.82, 2.24) is 15.0 Å². The first-order valence-corrected chi connectivity index (χ1v) is 5.69. The van der Waals surface area contributed by atoms with Gasteiger partial charge in [0.15, 0.2) is 11.7 Å². The number of alkyl halides is 3. The standard InChI is InChI=1S/C11H16F3N3O2/c1-10(2,3)9(19)8(11(12,13)14)7-6-17(4-5-18)16-15-7/h6,8,18H,4-5H2,1-3H3. The number of ketones is 1. The number of aliphatic hydroxyl groups excluding tert-OH is 1. The van der Waals surface area contributed by atoms with Crippen LogP contribution in [0.2, 0.25) is 0 Å². The van der Waals surface area contributed by atoms with Gasteiger partial charge in [0.25, 0.3) is 0 Å². The van der Waals surface area contributed by atoms with E-state index < -0.39 is 29.0 Å². The van der Waals surface area contributed by atoms with Gasteiger partial charge in [-0.2, -0.15) is 13.2 Å². The van der Waals surface area contributed by atoms with Crippen molar-refractivity contribution in [3.05, 3.63) is 11.9 Å². The topological polar surface area (TPSA) is 68.0 Å². The molecule has 0 saturated heterocycles. The Morgan fingerprint density at radius 2 is 2.00 bits per heavy atom. The summed E-state index contributed by atoms with van der Waals surface area (Å²) >= 11 is 0. The van der Waals surface area contributed by atoms with Crippen molar-refractivity contribution < 1.29 is 23.1 Å². The third-order valence-electron chi connectivity index (χ3n) is 2.51. The van der Waals surface area contributed by atoms with Crippen LogP contribution in [-0.4, -0.2) is 38.7 Å². The number of Topliss-reactive ketones (excluding diaryl/α,β-unsaturated/α-hetero) is 1. The van der Waals surface area contributed by atoms with Gasteiger partial charge in [0.05, 0.1) is 13.2 Å². The zero-order chi connectivity index (χ0) is 14.8. The zero-order valence-corrected chi connectivity index (χ0v) is 10.9. The summed E-state index contributed by atoms with van der Waals surface area (Å²) in [6, 6.07) is 0. The number of aromatic nitrogens is 3. The molecule has 8 heteroatoms. The van der Waals surface area contributed by atoms with E-state index >= 15 is 0 Å². The molecule has 0 saturated carbocycles. The molecule has 0 spiro atoms. The van der Waals surface area contributed by atoms with Crippen molar-refractivity contribution in [3.8, 4) is 0 Å². The first-order valence-electron chi connectivity index (χ1n) is 5.69. The number of carbonyl (C=O) groups excluding carboxylic acids is 1. The molecular formula is C11H16F3N3O2. The molecule has 1 aromatic heterocycles. The van der Waals surface area contributed by atoms with Crippen LogP contribution in [0.1, 0.15) is 32.4 Å². The van der Waals surface area contributed by atoms with Crippen molar-refractivity contribution in [2.45, 2.75) is 39.4 Å². The molecule has 0 aliphatic rings. The summed E-state index contributed by atoms with van der Waals surface area (Å²) in [7, 11) is 0. The highest BCUT2D eigenvalue weighted by Gasteiger charge is 2.50. The number of halogens is 3. The molecule has 0 fully saturated rings. The van der Waals surface area contributed by atoms with Crippen LogP contribution in [0.25, 0.3) is 0 Å². The Morgan fingerprint density at radius 3 is 2.42 bits per heavy atom. The molecule has 0 radical (unpaired) electrons. The van der Waals surface area contributed by atoms with Gasteiger partial charge in [-0.15, -0.1) is 5.10 Å². The minimum absolute atomic E-state index is 0.0291. The van der Waals surface area contributed by atoms with Crippen molar-refractivity contribution >= 4 is 5.78 Å². The third kappa shape index (κ3) is 3.76. The van der Waals surface area contributed by atoms with Crippen LogP contribution < -0.4 is 0 Å². The lowest BCUT2D eigenvalue weighted by atomic mass is 9.81. The maximum absolute atomic E-state index is 13.0. The largest absolute Gasteiger partial charge is 0.404 e. The predicted octanol–water partition coefficient (Wildman–Crippen LogP) is 1.53. The Labute approximate surface area is 108 Å². The lowest BCUT2D eigenvalue weighted by Crippen LogP contribution is -2.36. The average molecular weight is 279 g/mol. The van der Waals surface area contributed by atoms with E-state index in [1.54, 1.807) is 0 Å². The van der Waals surface area contributed by atoms with E-state index in [-0.39, 0.29) is 13.2 Å². The summed E-state index contributed by atoms with van der Waals surface area (Å²) in [5.41, 5.74) is -1.58. The number of rotatable bonds is 4. The van der Waals surface area contributed by atoms with Crippen LogP contribution in [0.5, 0.6) is 0 Å². The SMILES string of the molecule is CC(C)(C)C(=O)C(c1cn(CCO)nn1)C(F)(F)F. The fourth-order valence-electron chi connectivity index (χ4n) is 1.54. The van der Waals surface area contributed by atoms with Crippen molar-refractivity contribution in [2.24, 2.45) is 5.41 Å². The predicted molar refractivity (Wildman–Crippen MR) is 60.4 cm³/mol. The van der Waals surface area contributed by atoms with Gasteiger partial charge in [0, 0.05) is 11.6 Å². The Kier molecular flexibility index (Phi) is 4.34. The molecule has 1 N–H and O–H groups in total. The second-order valence-electron chi connectivity index (χ2n) is 5.22. The molecule has 5 nitrogen and oxygen atoms in total. The lowest BCUT2D eigenvalue weighted by molar-refractivity contribution is -0.169. The van der Waals surface area contributed by atoms with Gasteiger partial charge in [0.1, 0.15) is 5.69 Å². The lowest BCUT2D eigenvalue weighted by Gasteiger charge is -2.24. The Bertz CT molecular complexity index is 449. The summed E-state index contributed by atoms with van der Waals surface area (Å²) in [6.07, 6.45) is -3.68. The van der Waals surface area contributed by atoms with E-state index in [9.17, 15) is 18.0 Å². The van der Waals surface area contributed by atoms with Crippen molar-refractivity contribution in [3.63, 3.8) is 0 Å². The highest BCUT2D eigenvalue weighted by Crippen LogP contribution is 2.39. The summed E-state index contributed by atoms with van der Waals surface area (Å²) in [5.74, 6) is -3.25. The maximum atomic E-state index is 13.0. The van der Waals surface area contributed by atoms with Crippen LogP contribution in [0.3, 0.4) is 0 Å². The molecule has 0 aromatic carbocycles. The van der Waals surface area contributed by atoms with E-state index in [1.165, 1.54) is 20.8 Å². The fraction of sp³-hybridized carbons (Fsp3) is 0.727. The molecule has 0 aliphatic carbocycles. The minimum Gasteiger partial charge on any atom is -0.394 e. The highest BCUT2D eigenvalue weighted by atomic mass is 19.4. The molecule has 1 atom stereocenters. The molecule has 1 rings (SSSR count). The molecule has 1 aromatic rings. The number of hydrogen-bond acceptors (Lipinski definition) is 4. The van der Waals surface area contributed by atoms with Gasteiger partial charge in [-0.05, 0) is 0 Å². The molecule has 0 amide bonds. The average Bonchev–Trinajstić information content (AvgIpc) is 2.63. The van der Waals surface area contributed by atoms with Crippen molar-refractivity contribution in [1.29, 1.82) is 0 Å². The Morgan fingerprint density at radius 1 is 1.42 bits per heavy atom. The van der Waals surface area contributed by atoms with Gasteiger partial charge in [-0.25, -0.2) is 4.68 Å². The fourth-order valence-corrected chi connectivity index (χ4v) is 1.54. The molecule has 0 aliphatic heterocycles. The number of carbonyl (C=O) groups is 1. The summed E-state index contributed by atoms with van der Waals surface area (Å²) < 4.78 is 40.2. The van der Waals surface area contributed by atoms with Crippen molar-refractivity contribution in [2.75, 3.05) is 6.61 Å². The van der Waals surface area contributed by atoms with E-state index in [1.807, 2.05) is 0 Å². The summed E-state index contributed by atoms with van der Waals surface area (Å²) in [6.45, 7) is 4.03. The zero-order valence-electron chi connectivity index (χ0n) is 10.9. The number of aliphatic hydroxyl groups is 1. The minimum atomic E-state index is -4.72. The molecule has 1 unspecified atom stereocenters. The van der Waals surface area contributed by atoms with Crippen LogP contribution in [0, 0.1) is 5.41 Å². The molecule has 108 valence electrons. The van der Waals surface area contributed by atoms with Gasteiger partial charge in [0.2, 0.25) is 0 Å². The second kappa shape index (κ2) is 5.28. The molecular weight excluding hydrogens is 263 g/mol. The van der Waals surface area contributed by atoms with E-state index in [4.69, 9.17) is 5.11 Å². The maximum Gasteiger partial charge on any atom is 0.404 e. The van der Waals surface area contributed by atoms with Gasteiger partial charge >= 0.3 is 6.18 Å². The van der Waals surface area contributed by atoms with Crippen LogP contribution >= 0.6 is 0 Å². The Hall–Kier alpha value is -1.44. The van der Waals surface area contributed by atoms with Crippen LogP contribution in [0.15, 0.2) is 6.20 Å². The van der Waals surface area contributed by atoms with Gasteiger partial charge in [-0.1, -0.05) is 26.0 Å². The van der Waals surface area contributed by atoms with E-state index in [2.05, 4.69) is 10.3 Å². The smallest absolute Gasteiger partial charge is 0.394 e. The van der Waals surface area contributed by atoms with Crippen LogP contribution in [0.4, 0.5) is 13.2 Å². The highest BCUT2D eigenvalue weighted by molar-refractivity contribution is 5.90. The number of hydrogen-bond donors (Lipinski definition) is 1. The first kappa shape index (κ1) is 15.6. The van der Waals surface area contributed by atoms with Gasteiger partial charge in [-0.3, -0.25) is 4.79 Å². The molecule has 0 bridgehead atoms. The van der Waals surface area contributed by atoms with Gasteiger partial charge < -0.3 is 5.11 Å². The third-order valence-corrected chi connectivity index (χ3v) is 2.51. The van der Waals surface area contributed by atoms with E-state index in [0.717, 1.165) is 10.9 Å². The quantitative estimate of drug-likeness (QED) is 0.907. The second-order valence-corrected chi connectivity index (χ2v) is 5.22. The first-order chi connectivity index (χ1) is 8.57. The number of nitrogens with zero attached hydrogens (tertiary/aromatic N) is 3. The normalized spacial score (nSPS) is 14.5. The summed E-state index contributed by atoms with van der Waals surface area (Å²) in [4.78, 5) is 11.9. The summed E-state index contributed by atoms with van der Waals surface area (Å²) in [5, 5.41) is 15.5. The molecule has 1 heterocycles. The Balaban J connectivity index is 3.14. The van der Waals surface area contributed by atoms with E-state index in [0.29, 0.717) is 0 Å². The van der Waals surface area contributed by atoms with Crippen LogP contribution in [-0.2, 0) is 11.3 Å². The molecule has 19 heavy (non-hydrogen) atoms.